The molecule has 6 atom stereocenters. The Morgan fingerprint density at radius 2 is 1.56 bits per heavy atom. The summed E-state index contributed by atoms with van der Waals surface area (Å²) in [6, 6.07) is 9.61. The van der Waals surface area contributed by atoms with Gasteiger partial charge >= 0.3 is 23.9 Å². The van der Waals surface area contributed by atoms with Crippen molar-refractivity contribution in [1.29, 1.82) is 0 Å². The van der Waals surface area contributed by atoms with E-state index < -0.39 is 53.5 Å². The summed E-state index contributed by atoms with van der Waals surface area (Å²) in [6.07, 6.45) is 0.968. The smallest absolute Gasteiger partial charge is 0.337 e. The number of ketones is 1. The Kier molecular flexibility index (Phi) is 17.4. The van der Waals surface area contributed by atoms with Crippen LogP contribution in [0, 0.1) is 17.8 Å². The predicted molar refractivity (Wildman–Crippen MR) is 169 cm³/mol. The van der Waals surface area contributed by atoms with Crippen molar-refractivity contribution in [3.8, 4) is 0 Å². The first-order valence-corrected chi connectivity index (χ1v) is 15.1. The summed E-state index contributed by atoms with van der Waals surface area (Å²) in [5, 5.41) is 11.1. The molecule has 0 aliphatic rings. The molecule has 0 aliphatic carbocycles. The molecule has 0 amide bonds. The Balaban J connectivity index is 3.20. The van der Waals surface area contributed by atoms with Gasteiger partial charge in [-0.1, -0.05) is 77.1 Å². The molecule has 0 spiro atoms. The molecule has 0 radical (unpaired) electrons. The van der Waals surface area contributed by atoms with Crippen molar-refractivity contribution in [3.63, 3.8) is 0 Å². The monoisotopic (exact) mass is 628 g/mol. The third-order valence-electron chi connectivity index (χ3n) is 7.40. The molecule has 1 aromatic carbocycles. The third kappa shape index (κ3) is 14.1. The van der Waals surface area contributed by atoms with Crippen molar-refractivity contribution in [3.05, 3.63) is 71.8 Å². The van der Waals surface area contributed by atoms with Gasteiger partial charge in [-0.3, -0.25) is 9.59 Å². The Hall–Kier alpha value is -4.05. The van der Waals surface area contributed by atoms with Crippen molar-refractivity contribution < 1.29 is 48.0 Å². The quantitative estimate of drug-likeness (QED) is 0.0975. The van der Waals surface area contributed by atoms with Gasteiger partial charge in [-0.15, -0.1) is 0 Å². The highest BCUT2D eigenvalue weighted by atomic mass is 16.6. The van der Waals surface area contributed by atoms with Crippen LogP contribution in [0.15, 0.2) is 66.3 Å². The molecule has 0 fully saturated rings. The van der Waals surface area contributed by atoms with E-state index >= 15 is 0 Å². The molecule has 10 nitrogen and oxygen atoms in total. The minimum absolute atomic E-state index is 0.0228. The lowest BCUT2D eigenvalue weighted by molar-refractivity contribution is -0.153. The van der Waals surface area contributed by atoms with Crippen LogP contribution >= 0.6 is 0 Å². The van der Waals surface area contributed by atoms with Gasteiger partial charge in [0.05, 0.1) is 19.8 Å². The second-order valence-electron chi connectivity index (χ2n) is 11.3. The van der Waals surface area contributed by atoms with E-state index in [0.29, 0.717) is 24.0 Å². The van der Waals surface area contributed by atoms with Crippen molar-refractivity contribution >= 4 is 29.7 Å². The lowest BCUT2D eigenvalue weighted by Crippen LogP contribution is -2.41. The van der Waals surface area contributed by atoms with Crippen LogP contribution in [0.3, 0.4) is 0 Å². The van der Waals surface area contributed by atoms with E-state index in [9.17, 15) is 29.1 Å². The fourth-order valence-electron chi connectivity index (χ4n) is 4.76. The summed E-state index contributed by atoms with van der Waals surface area (Å²) in [6.45, 7) is 13.3. The molecule has 0 bridgehead atoms. The van der Waals surface area contributed by atoms with Crippen LogP contribution in [0.2, 0.25) is 0 Å². The van der Waals surface area contributed by atoms with Gasteiger partial charge < -0.3 is 24.1 Å². The Morgan fingerprint density at radius 1 is 0.911 bits per heavy atom. The van der Waals surface area contributed by atoms with Gasteiger partial charge in [0.1, 0.15) is 6.10 Å². The topological polar surface area (TPSA) is 142 Å². The minimum Gasteiger partial charge on any atom is -0.466 e. The summed E-state index contributed by atoms with van der Waals surface area (Å²) in [5.41, 5.74) is 0.897. The maximum Gasteiger partial charge on any atom is 0.337 e. The molecule has 0 aromatic heterocycles. The van der Waals surface area contributed by atoms with Gasteiger partial charge in [-0.05, 0) is 42.2 Å². The van der Waals surface area contributed by atoms with E-state index in [0.717, 1.165) is 38.7 Å². The minimum atomic E-state index is -2.04. The molecule has 1 N–H and O–H groups in total. The first-order chi connectivity index (χ1) is 21.2. The molecule has 0 unspecified atom stereocenters. The number of hydrogen-bond acceptors (Lipinski definition) is 10. The molecule has 0 saturated heterocycles. The van der Waals surface area contributed by atoms with E-state index in [1.165, 1.54) is 6.92 Å². The van der Waals surface area contributed by atoms with Gasteiger partial charge in [0, 0.05) is 31.4 Å². The van der Waals surface area contributed by atoms with Crippen LogP contribution in [-0.4, -0.2) is 67.3 Å². The summed E-state index contributed by atoms with van der Waals surface area (Å²) in [4.78, 5) is 62.6. The Bertz CT molecular complexity index is 1220. The molecule has 0 saturated carbocycles. The van der Waals surface area contributed by atoms with Gasteiger partial charge in [-0.25, -0.2) is 14.4 Å². The Morgan fingerprint density at radius 3 is 2.11 bits per heavy atom. The van der Waals surface area contributed by atoms with Crippen LogP contribution in [-0.2, 0) is 49.3 Å². The average Bonchev–Trinajstić information content (AvgIpc) is 3.02. The lowest BCUT2D eigenvalue weighted by Gasteiger charge is -2.27. The first-order valence-electron chi connectivity index (χ1n) is 15.1. The van der Waals surface area contributed by atoms with E-state index in [1.54, 1.807) is 6.08 Å². The van der Waals surface area contributed by atoms with Crippen molar-refractivity contribution in [2.75, 3.05) is 14.2 Å². The maximum absolute atomic E-state index is 13.3. The summed E-state index contributed by atoms with van der Waals surface area (Å²) in [7, 11) is 2.11. The number of carbonyl (C=O) groups excluding carboxylic acids is 5. The number of esters is 4. The number of rotatable bonds is 19. The molecular weight excluding hydrogens is 580 g/mol. The van der Waals surface area contributed by atoms with Crippen LogP contribution < -0.4 is 0 Å². The molecule has 10 heteroatoms. The van der Waals surface area contributed by atoms with Gasteiger partial charge in [0.15, 0.2) is 18.0 Å². The number of aliphatic hydroxyl groups is 1. The van der Waals surface area contributed by atoms with Gasteiger partial charge in [0.2, 0.25) is 0 Å². The zero-order chi connectivity index (χ0) is 34.1. The van der Waals surface area contributed by atoms with E-state index in [4.69, 9.17) is 14.2 Å². The van der Waals surface area contributed by atoms with Gasteiger partial charge in [-0.2, -0.15) is 0 Å². The van der Waals surface area contributed by atoms with Crippen LogP contribution in [0.4, 0.5) is 0 Å². The highest BCUT2D eigenvalue weighted by molar-refractivity contribution is 5.99. The number of methoxy groups -OCH3 is 2. The predicted octanol–water partition coefficient (Wildman–Crippen LogP) is 4.88. The largest absolute Gasteiger partial charge is 0.466 e. The van der Waals surface area contributed by atoms with Crippen molar-refractivity contribution in [1.82, 2.24) is 0 Å². The summed E-state index contributed by atoms with van der Waals surface area (Å²) in [5.74, 6) is -4.06. The molecule has 1 aromatic rings. The first kappa shape index (κ1) is 39.0. The van der Waals surface area contributed by atoms with Crippen molar-refractivity contribution in [2.45, 2.75) is 85.0 Å². The zero-order valence-corrected chi connectivity index (χ0v) is 27.4. The fraction of sp³-hybridized carbons (Fsp3) is 0.514. The van der Waals surface area contributed by atoms with Gasteiger partial charge in [0.25, 0.3) is 0 Å². The molecule has 0 aliphatic heterocycles. The van der Waals surface area contributed by atoms with Crippen LogP contribution in [0.25, 0.3) is 0 Å². The number of ether oxygens (including phenoxy) is 4. The average molecular weight is 629 g/mol. The highest BCUT2D eigenvalue weighted by Gasteiger charge is 2.37. The van der Waals surface area contributed by atoms with Crippen LogP contribution in [0.1, 0.15) is 65.9 Å². The molecule has 45 heavy (non-hydrogen) atoms. The number of carbonyl (C=O) groups is 5. The number of Topliss-reactive ketones (excluding diaryl/α,β-unsaturated/α-hetero) is 1. The Labute approximate surface area is 266 Å². The molecular formula is C35H48O10. The second kappa shape index (κ2) is 20.1. The number of aliphatic hydroxyl groups excluding tert-OH is 1. The molecule has 0 heterocycles. The van der Waals surface area contributed by atoms with E-state index in [1.807, 2.05) is 44.2 Å². The molecule has 1 rings (SSSR count). The van der Waals surface area contributed by atoms with E-state index in [-0.39, 0.29) is 24.7 Å². The lowest BCUT2D eigenvalue weighted by atomic mass is 9.88. The van der Waals surface area contributed by atoms with Crippen LogP contribution in [0.5, 0.6) is 0 Å². The highest BCUT2D eigenvalue weighted by Crippen LogP contribution is 2.25. The van der Waals surface area contributed by atoms with Crippen molar-refractivity contribution in [2.24, 2.45) is 17.8 Å². The summed E-state index contributed by atoms with van der Waals surface area (Å²) < 4.78 is 20.3. The number of allylic oxidation sites excluding steroid dienone is 1. The number of hydrogen-bond donors (Lipinski definition) is 1. The molecule has 248 valence electrons. The normalized spacial score (nSPS) is 15.6. The zero-order valence-electron chi connectivity index (χ0n) is 27.4. The standard InChI is InChI=1S/C35H48O10/c1-9-22(2)19-23(3)15-18-30(38)45-34(28(35(41)43-8)21-31(39)42-7)32(40)29(37)17-16-24(4)33(44-26(6)36)25(5)20-27-13-11-10-12-14-27/h10-15,18,21-23,25,32-34,40H,4,9,16-17,19-20H2,1-3,5-8H3/b18-15+,28-21-/t22-,23+,25+,32-,33+,34-/m0/s1. The fourth-order valence-corrected chi connectivity index (χ4v) is 4.76. The summed E-state index contributed by atoms with van der Waals surface area (Å²) >= 11 is 0. The second-order valence-corrected chi connectivity index (χ2v) is 11.3. The number of benzene rings is 1. The third-order valence-corrected chi connectivity index (χ3v) is 7.40. The maximum atomic E-state index is 13.3. The SMILES string of the molecule is C=C(CCC(=O)[C@H](O)[C@@H](OC(=O)/C=C/[C@@H](C)C[C@@H](C)CC)/C(=C/C(=O)OC)C(=O)OC)[C@@H](OC(C)=O)[C@H](C)Cc1ccccc1. The van der Waals surface area contributed by atoms with E-state index in [2.05, 4.69) is 25.2 Å².